The molecule has 2 fully saturated rings. The summed E-state index contributed by atoms with van der Waals surface area (Å²) in [6.07, 6.45) is 3.54. The molecular formula is C23H25ClN2O2. The van der Waals surface area contributed by atoms with Gasteiger partial charge in [-0.15, -0.1) is 0 Å². The van der Waals surface area contributed by atoms with Gasteiger partial charge < -0.3 is 0 Å². The van der Waals surface area contributed by atoms with E-state index in [2.05, 4.69) is 29.2 Å². The largest absolute Gasteiger partial charge is 0.286 e. The van der Waals surface area contributed by atoms with E-state index < -0.39 is 5.92 Å². The van der Waals surface area contributed by atoms with Crippen LogP contribution in [0.3, 0.4) is 0 Å². The molecule has 0 bridgehead atoms. The number of halogens is 1. The Labute approximate surface area is 171 Å². The lowest BCUT2D eigenvalue weighted by Crippen LogP contribution is -2.45. The maximum absolute atomic E-state index is 12.8. The smallest absolute Gasteiger partial charge is 0.238 e. The molecule has 146 valence electrons. The third kappa shape index (κ3) is 4.29. The van der Waals surface area contributed by atoms with Gasteiger partial charge in [0, 0.05) is 24.5 Å². The number of hydrogen-bond acceptors (Lipinski definition) is 3. The number of nitrogens with zero attached hydrogens (tertiary/aromatic N) is 2. The highest BCUT2D eigenvalue weighted by Gasteiger charge is 2.40. The number of hydrogen-bond donors (Lipinski definition) is 0. The third-order valence-electron chi connectivity index (χ3n) is 5.91. The third-order valence-corrected chi connectivity index (χ3v) is 6.15. The van der Waals surface area contributed by atoms with Gasteiger partial charge >= 0.3 is 0 Å². The van der Waals surface area contributed by atoms with E-state index in [1.807, 2.05) is 18.2 Å². The Morgan fingerprint density at radius 1 is 0.964 bits per heavy atom. The second kappa shape index (κ2) is 8.46. The number of rotatable bonds is 5. The second-order valence-corrected chi connectivity index (χ2v) is 8.30. The molecule has 0 spiro atoms. The average Bonchev–Trinajstić information content (AvgIpc) is 2.98. The molecule has 1 unspecified atom stereocenters. The van der Waals surface area contributed by atoms with Crippen LogP contribution in [-0.2, 0) is 16.0 Å². The molecular weight excluding hydrogens is 372 g/mol. The Morgan fingerprint density at radius 2 is 1.71 bits per heavy atom. The number of imide groups is 1. The van der Waals surface area contributed by atoms with Crippen molar-refractivity contribution in [2.75, 3.05) is 19.8 Å². The topological polar surface area (TPSA) is 40.6 Å². The molecule has 2 aliphatic heterocycles. The average molecular weight is 397 g/mol. The van der Waals surface area contributed by atoms with Crippen LogP contribution in [0.1, 0.15) is 36.3 Å². The summed E-state index contributed by atoms with van der Waals surface area (Å²) in [5.41, 5.74) is 2.21. The van der Waals surface area contributed by atoms with Crippen molar-refractivity contribution in [2.45, 2.75) is 31.6 Å². The zero-order chi connectivity index (χ0) is 19.5. The van der Waals surface area contributed by atoms with E-state index in [4.69, 9.17) is 11.6 Å². The zero-order valence-corrected chi connectivity index (χ0v) is 16.6. The first kappa shape index (κ1) is 19.2. The van der Waals surface area contributed by atoms with E-state index in [1.165, 1.54) is 10.5 Å². The molecule has 2 heterocycles. The number of carbonyl (C=O) groups is 2. The fourth-order valence-corrected chi connectivity index (χ4v) is 4.49. The minimum Gasteiger partial charge on any atom is -0.286 e. The molecule has 2 aromatic rings. The summed E-state index contributed by atoms with van der Waals surface area (Å²) < 4.78 is 0. The molecule has 2 aliphatic rings. The summed E-state index contributed by atoms with van der Waals surface area (Å²) in [6.45, 7) is 2.26. The molecule has 5 heteroatoms. The van der Waals surface area contributed by atoms with Gasteiger partial charge in [-0.3, -0.25) is 19.4 Å². The lowest BCUT2D eigenvalue weighted by atomic mass is 9.90. The molecule has 2 amide bonds. The van der Waals surface area contributed by atoms with Crippen LogP contribution in [0.2, 0.25) is 5.02 Å². The van der Waals surface area contributed by atoms with Gasteiger partial charge in [-0.25, -0.2) is 0 Å². The van der Waals surface area contributed by atoms with Crippen LogP contribution < -0.4 is 0 Å². The maximum Gasteiger partial charge on any atom is 0.238 e. The molecule has 4 nitrogen and oxygen atoms in total. The monoisotopic (exact) mass is 396 g/mol. The first-order valence-electron chi connectivity index (χ1n) is 9.96. The Balaban J connectivity index is 1.32. The van der Waals surface area contributed by atoms with Crippen LogP contribution in [0.15, 0.2) is 54.6 Å². The van der Waals surface area contributed by atoms with Crippen molar-refractivity contribution in [2.24, 2.45) is 5.92 Å². The highest BCUT2D eigenvalue weighted by molar-refractivity contribution is 6.30. The molecule has 1 atom stereocenters. The predicted octanol–water partition coefficient (Wildman–Crippen LogP) is 4.09. The van der Waals surface area contributed by atoms with Crippen LogP contribution in [0.25, 0.3) is 0 Å². The predicted molar refractivity (Wildman–Crippen MR) is 110 cm³/mol. The molecule has 0 saturated carbocycles. The summed E-state index contributed by atoms with van der Waals surface area (Å²) in [5.74, 6) is 0.0877. The van der Waals surface area contributed by atoms with Crippen molar-refractivity contribution in [1.29, 1.82) is 0 Å². The van der Waals surface area contributed by atoms with Crippen LogP contribution in [0.5, 0.6) is 0 Å². The van der Waals surface area contributed by atoms with E-state index in [-0.39, 0.29) is 18.2 Å². The van der Waals surface area contributed by atoms with Crippen molar-refractivity contribution >= 4 is 23.4 Å². The Kier molecular flexibility index (Phi) is 5.79. The van der Waals surface area contributed by atoms with Crippen LogP contribution >= 0.6 is 11.6 Å². The van der Waals surface area contributed by atoms with Gasteiger partial charge in [0.15, 0.2) is 0 Å². The summed E-state index contributed by atoms with van der Waals surface area (Å²) in [4.78, 5) is 29.0. The molecule has 4 rings (SSSR count). The highest BCUT2D eigenvalue weighted by Crippen LogP contribution is 2.31. The minimum absolute atomic E-state index is 0.0821. The van der Waals surface area contributed by atoms with Crippen LogP contribution in [0.4, 0.5) is 0 Å². The fourth-order valence-electron chi connectivity index (χ4n) is 4.29. The van der Waals surface area contributed by atoms with Crippen molar-refractivity contribution < 1.29 is 9.59 Å². The summed E-state index contributed by atoms with van der Waals surface area (Å²) >= 11 is 6.05. The zero-order valence-electron chi connectivity index (χ0n) is 15.9. The van der Waals surface area contributed by atoms with Gasteiger partial charge in [-0.2, -0.15) is 0 Å². The fraction of sp³-hybridized carbons (Fsp3) is 0.391. The van der Waals surface area contributed by atoms with Crippen LogP contribution in [-0.4, -0.2) is 41.4 Å². The van der Waals surface area contributed by atoms with E-state index in [9.17, 15) is 9.59 Å². The lowest BCUT2D eigenvalue weighted by molar-refractivity contribution is -0.141. The first-order chi connectivity index (χ1) is 13.6. The summed E-state index contributed by atoms with van der Waals surface area (Å²) in [7, 11) is 0. The van der Waals surface area contributed by atoms with E-state index in [0.29, 0.717) is 17.6 Å². The number of amides is 2. The normalized spacial score (nSPS) is 21.5. The summed E-state index contributed by atoms with van der Waals surface area (Å²) in [6, 6.07) is 17.9. The van der Waals surface area contributed by atoms with Gasteiger partial charge in [0.05, 0.1) is 12.6 Å². The van der Waals surface area contributed by atoms with Gasteiger partial charge in [0.1, 0.15) is 0 Å². The summed E-state index contributed by atoms with van der Waals surface area (Å²) in [5, 5.41) is 0.594. The lowest BCUT2D eigenvalue weighted by Gasteiger charge is -2.34. The molecule has 2 aromatic carbocycles. The quantitative estimate of drug-likeness (QED) is 0.714. The van der Waals surface area contributed by atoms with Crippen molar-refractivity contribution in [3.63, 3.8) is 0 Å². The maximum atomic E-state index is 12.8. The molecule has 0 radical (unpaired) electrons. The van der Waals surface area contributed by atoms with Crippen molar-refractivity contribution in [3.8, 4) is 0 Å². The van der Waals surface area contributed by atoms with Crippen molar-refractivity contribution in [1.82, 2.24) is 9.80 Å². The standard InChI is InChI=1S/C23H25ClN2O2/c24-20-8-4-7-19(14-20)21-15-22(27)26(23(21)28)16-25-11-9-18(10-12-25)13-17-5-2-1-3-6-17/h1-8,14,18,21H,9-13,15-16H2. The van der Waals surface area contributed by atoms with Crippen molar-refractivity contribution in [3.05, 3.63) is 70.7 Å². The molecule has 2 saturated heterocycles. The molecule has 0 aromatic heterocycles. The van der Waals surface area contributed by atoms with E-state index >= 15 is 0 Å². The number of carbonyl (C=O) groups excluding carboxylic acids is 2. The van der Waals surface area contributed by atoms with Gasteiger partial charge in [0.2, 0.25) is 11.8 Å². The minimum atomic E-state index is -0.401. The SMILES string of the molecule is O=C1CC(c2cccc(Cl)c2)C(=O)N1CN1CCC(Cc2ccccc2)CC1. The molecule has 28 heavy (non-hydrogen) atoms. The molecule has 0 aliphatic carbocycles. The van der Waals surface area contributed by atoms with E-state index in [1.54, 1.807) is 12.1 Å². The van der Waals surface area contributed by atoms with Gasteiger partial charge in [-0.1, -0.05) is 54.1 Å². The van der Waals surface area contributed by atoms with Crippen LogP contribution in [0, 0.1) is 5.92 Å². The Morgan fingerprint density at radius 3 is 2.43 bits per heavy atom. The Bertz CT molecular complexity index is 847. The second-order valence-electron chi connectivity index (χ2n) is 7.86. The van der Waals surface area contributed by atoms with Gasteiger partial charge in [-0.05, 0) is 48.4 Å². The van der Waals surface area contributed by atoms with E-state index in [0.717, 1.165) is 37.9 Å². The Hall–Kier alpha value is -2.17. The number of piperidine rings is 1. The van der Waals surface area contributed by atoms with Gasteiger partial charge in [0.25, 0.3) is 0 Å². The highest BCUT2D eigenvalue weighted by atomic mass is 35.5. The first-order valence-corrected chi connectivity index (χ1v) is 10.3. The molecule has 0 N–H and O–H groups in total. The number of benzene rings is 2. The number of likely N-dealkylation sites (tertiary alicyclic amines) is 2.